The Kier molecular flexibility index (Phi) is 4.71. The van der Waals surface area contributed by atoms with Crippen LogP contribution in [0, 0.1) is 0 Å². The molecule has 0 saturated carbocycles. The first kappa shape index (κ1) is 18.0. The number of hydrogen-bond acceptors (Lipinski definition) is 3. The Morgan fingerprint density at radius 1 is 1.00 bits per heavy atom. The summed E-state index contributed by atoms with van der Waals surface area (Å²) in [7, 11) is 1.41. The maximum atomic E-state index is 13.3. The molecule has 0 spiro atoms. The fraction of sp³-hybridized carbons (Fsp3) is 0.182. The van der Waals surface area contributed by atoms with Gasteiger partial charge in [-0.05, 0) is 28.5 Å². The van der Waals surface area contributed by atoms with Gasteiger partial charge in [0.25, 0.3) is 0 Å². The quantitative estimate of drug-likeness (QED) is 0.558. The minimum Gasteiger partial charge on any atom is -0.481 e. The van der Waals surface area contributed by atoms with E-state index in [1.54, 1.807) is 4.57 Å². The molecule has 0 aliphatic carbocycles. The van der Waals surface area contributed by atoms with Crippen LogP contribution in [0.15, 0.2) is 71.5 Å². The number of hydrogen-bond donors (Lipinski definition) is 1. The SMILES string of the molecule is COC(CC(=O)O)n1c(=O)n(Cc2cccc3ccccc23)c2ccccc21. The van der Waals surface area contributed by atoms with Gasteiger partial charge in [0.05, 0.1) is 24.0 Å². The van der Waals surface area contributed by atoms with E-state index in [4.69, 9.17) is 4.74 Å². The van der Waals surface area contributed by atoms with Gasteiger partial charge < -0.3 is 9.84 Å². The third-order valence-corrected chi connectivity index (χ3v) is 4.99. The monoisotopic (exact) mass is 376 g/mol. The van der Waals surface area contributed by atoms with Gasteiger partial charge in [0.1, 0.15) is 6.23 Å². The molecule has 0 aliphatic rings. The summed E-state index contributed by atoms with van der Waals surface area (Å²) in [6.07, 6.45) is -1.16. The summed E-state index contributed by atoms with van der Waals surface area (Å²) in [5, 5.41) is 11.4. The highest BCUT2D eigenvalue weighted by molar-refractivity contribution is 5.86. The third-order valence-electron chi connectivity index (χ3n) is 4.99. The summed E-state index contributed by atoms with van der Waals surface area (Å²) in [6, 6.07) is 21.4. The van der Waals surface area contributed by atoms with Crippen molar-refractivity contribution in [2.24, 2.45) is 0 Å². The Morgan fingerprint density at radius 3 is 2.43 bits per heavy atom. The van der Waals surface area contributed by atoms with Gasteiger partial charge in [0, 0.05) is 7.11 Å². The number of aliphatic carboxylic acids is 1. The largest absolute Gasteiger partial charge is 0.481 e. The predicted octanol–water partition coefficient (Wildman–Crippen LogP) is 3.62. The van der Waals surface area contributed by atoms with Gasteiger partial charge in [-0.3, -0.25) is 13.9 Å². The first-order valence-corrected chi connectivity index (χ1v) is 9.01. The minimum atomic E-state index is -1.02. The first-order chi connectivity index (χ1) is 13.6. The van der Waals surface area contributed by atoms with Crippen molar-refractivity contribution in [3.63, 3.8) is 0 Å². The van der Waals surface area contributed by atoms with Crippen LogP contribution in [0.5, 0.6) is 0 Å². The molecule has 4 aromatic rings. The lowest BCUT2D eigenvalue weighted by atomic mass is 10.0. The zero-order valence-electron chi connectivity index (χ0n) is 15.4. The van der Waals surface area contributed by atoms with E-state index >= 15 is 0 Å². The Balaban J connectivity index is 1.89. The van der Waals surface area contributed by atoms with Crippen molar-refractivity contribution in [3.8, 4) is 0 Å². The molecule has 1 heterocycles. The van der Waals surface area contributed by atoms with Crippen LogP contribution in [0.25, 0.3) is 21.8 Å². The molecule has 3 aromatic carbocycles. The molecule has 1 unspecified atom stereocenters. The molecule has 4 rings (SSSR count). The predicted molar refractivity (Wildman–Crippen MR) is 108 cm³/mol. The minimum absolute atomic E-state index is 0.290. The summed E-state index contributed by atoms with van der Waals surface area (Å²) in [5.41, 5.74) is 2.13. The van der Waals surface area contributed by atoms with E-state index in [2.05, 4.69) is 0 Å². The molecule has 6 heteroatoms. The van der Waals surface area contributed by atoms with Crippen molar-refractivity contribution in [1.29, 1.82) is 0 Å². The van der Waals surface area contributed by atoms with Crippen LogP contribution >= 0.6 is 0 Å². The van der Waals surface area contributed by atoms with Crippen LogP contribution in [0.2, 0.25) is 0 Å². The molecule has 28 heavy (non-hydrogen) atoms. The van der Waals surface area contributed by atoms with E-state index in [1.807, 2.05) is 66.7 Å². The maximum absolute atomic E-state index is 13.3. The van der Waals surface area contributed by atoms with E-state index in [-0.39, 0.29) is 12.1 Å². The average molecular weight is 376 g/mol. The third kappa shape index (κ3) is 3.08. The molecule has 0 aliphatic heterocycles. The zero-order chi connectivity index (χ0) is 19.7. The Bertz CT molecular complexity index is 1220. The second-order valence-corrected chi connectivity index (χ2v) is 6.65. The highest BCUT2D eigenvalue weighted by Crippen LogP contribution is 2.23. The summed E-state index contributed by atoms with van der Waals surface area (Å²) in [6.45, 7) is 0.386. The van der Waals surface area contributed by atoms with Gasteiger partial charge >= 0.3 is 11.7 Å². The molecule has 0 bridgehead atoms. The molecular formula is C22H20N2O4. The molecule has 142 valence electrons. The molecule has 0 saturated heterocycles. The van der Waals surface area contributed by atoms with Crippen molar-refractivity contribution in [3.05, 3.63) is 82.8 Å². The molecule has 0 amide bonds. The van der Waals surface area contributed by atoms with Crippen LogP contribution in [-0.2, 0) is 16.1 Å². The summed E-state index contributed by atoms with van der Waals surface area (Å²) >= 11 is 0. The number of carboxylic acid groups (broad SMARTS) is 1. The lowest BCUT2D eigenvalue weighted by Gasteiger charge is -2.14. The Labute approximate surface area is 161 Å². The molecule has 0 fully saturated rings. The number of ether oxygens (including phenoxy) is 1. The van der Waals surface area contributed by atoms with Crippen molar-refractivity contribution < 1.29 is 14.6 Å². The smallest absolute Gasteiger partial charge is 0.331 e. The summed E-state index contributed by atoms with van der Waals surface area (Å²) in [5.74, 6) is -1.02. The molecule has 1 atom stereocenters. The molecule has 1 aromatic heterocycles. The topological polar surface area (TPSA) is 73.5 Å². The van der Waals surface area contributed by atoms with E-state index < -0.39 is 12.2 Å². The second-order valence-electron chi connectivity index (χ2n) is 6.65. The number of benzene rings is 3. The molecule has 6 nitrogen and oxygen atoms in total. The van der Waals surface area contributed by atoms with Gasteiger partial charge in [-0.15, -0.1) is 0 Å². The van der Waals surface area contributed by atoms with Crippen molar-refractivity contribution in [1.82, 2.24) is 9.13 Å². The summed E-state index contributed by atoms with van der Waals surface area (Å²) < 4.78 is 8.44. The lowest BCUT2D eigenvalue weighted by Crippen LogP contribution is -2.30. The second kappa shape index (κ2) is 7.32. The van der Waals surface area contributed by atoms with Gasteiger partial charge in [-0.1, -0.05) is 54.6 Å². The van der Waals surface area contributed by atoms with E-state index in [1.165, 1.54) is 11.7 Å². The Morgan fingerprint density at radius 2 is 1.68 bits per heavy atom. The fourth-order valence-corrected chi connectivity index (χ4v) is 3.69. The van der Waals surface area contributed by atoms with E-state index in [0.29, 0.717) is 12.1 Å². The number of fused-ring (bicyclic) bond motifs is 2. The van der Waals surface area contributed by atoms with E-state index in [9.17, 15) is 14.7 Å². The zero-order valence-corrected chi connectivity index (χ0v) is 15.4. The van der Waals surface area contributed by atoms with Crippen LogP contribution in [0.3, 0.4) is 0 Å². The summed E-state index contributed by atoms with van der Waals surface area (Å²) in [4.78, 5) is 24.5. The highest BCUT2D eigenvalue weighted by Gasteiger charge is 2.22. The van der Waals surface area contributed by atoms with Crippen LogP contribution < -0.4 is 5.69 Å². The van der Waals surface area contributed by atoms with Gasteiger partial charge in [-0.2, -0.15) is 0 Å². The lowest BCUT2D eigenvalue weighted by molar-refractivity contribution is -0.141. The molecular weight excluding hydrogens is 356 g/mol. The van der Waals surface area contributed by atoms with Gasteiger partial charge in [0.15, 0.2) is 0 Å². The van der Waals surface area contributed by atoms with E-state index in [0.717, 1.165) is 21.9 Å². The number of rotatable bonds is 6. The van der Waals surface area contributed by atoms with Crippen molar-refractivity contribution in [2.75, 3.05) is 7.11 Å². The van der Waals surface area contributed by atoms with Crippen LogP contribution in [0.1, 0.15) is 18.2 Å². The number of imidazole rings is 1. The highest BCUT2D eigenvalue weighted by atomic mass is 16.5. The normalized spacial score (nSPS) is 12.5. The number of aromatic nitrogens is 2. The van der Waals surface area contributed by atoms with Gasteiger partial charge in [-0.25, -0.2) is 4.79 Å². The fourth-order valence-electron chi connectivity index (χ4n) is 3.69. The van der Waals surface area contributed by atoms with Crippen LogP contribution in [0.4, 0.5) is 0 Å². The number of nitrogens with zero attached hydrogens (tertiary/aromatic N) is 2. The number of carbonyl (C=O) groups is 1. The number of para-hydroxylation sites is 2. The average Bonchev–Trinajstić information content (AvgIpc) is 2.98. The number of carboxylic acids is 1. The standard InChI is InChI=1S/C22H20N2O4/c1-28-20(13-21(25)26)24-19-12-5-4-11-18(19)23(22(24)27)14-16-9-6-8-15-7-2-3-10-17(15)16/h2-12,20H,13-14H2,1H3,(H,25,26). The van der Waals surface area contributed by atoms with Crippen LogP contribution in [-0.4, -0.2) is 27.3 Å². The van der Waals surface area contributed by atoms with Crippen molar-refractivity contribution >= 4 is 27.8 Å². The van der Waals surface area contributed by atoms with Gasteiger partial charge in [0.2, 0.25) is 0 Å². The molecule has 0 radical (unpaired) electrons. The van der Waals surface area contributed by atoms with Crippen molar-refractivity contribution in [2.45, 2.75) is 19.2 Å². The number of methoxy groups -OCH3 is 1. The Hall–Kier alpha value is -3.38. The first-order valence-electron chi connectivity index (χ1n) is 9.01. The molecule has 1 N–H and O–H groups in total. The maximum Gasteiger partial charge on any atom is 0.331 e.